The average Bonchev–Trinajstić information content (AvgIpc) is 2.17. The molecule has 0 aliphatic rings. The Morgan fingerprint density at radius 2 is 2.00 bits per heavy atom. The summed E-state index contributed by atoms with van der Waals surface area (Å²) in [5, 5.41) is 16.5. The zero-order valence-electron chi connectivity index (χ0n) is 7.83. The van der Waals surface area contributed by atoms with Gasteiger partial charge in [0.15, 0.2) is 5.82 Å². The highest BCUT2D eigenvalue weighted by Crippen LogP contribution is 2.16. The Morgan fingerprint density at radius 1 is 1.31 bits per heavy atom. The zero-order valence-corrected chi connectivity index (χ0v) is 7.83. The number of nitrogens with two attached hydrogens (primary N) is 1. The van der Waals surface area contributed by atoms with Crippen LogP contribution in [0.4, 0.5) is 5.82 Å². The SMILES string of the molecule is CCc1nnc(N)c(C#N)c1CC. The molecule has 0 radical (unpaired) electrons. The van der Waals surface area contributed by atoms with E-state index in [9.17, 15) is 0 Å². The van der Waals surface area contributed by atoms with Crippen LogP contribution in [0.15, 0.2) is 0 Å². The van der Waals surface area contributed by atoms with Gasteiger partial charge in [-0.25, -0.2) is 0 Å². The van der Waals surface area contributed by atoms with Gasteiger partial charge in [0.25, 0.3) is 0 Å². The highest BCUT2D eigenvalue weighted by molar-refractivity contribution is 5.53. The van der Waals surface area contributed by atoms with Crippen LogP contribution in [-0.2, 0) is 12.8 Å². The largest absolute Gasteiger partial charge is 0.381 e. The lowest BCUT2D eigenvalue weighted by molar-refractivity contribution is 0.879. The Bertz CT molecular complexity index is 351. The number of aromatic nitrogens is 2. The van der Waals surface area contributed by atoms with Crippen molar-refractivity contribution in [1.82, 2.24) is 10.2 Å². The number of nitrogens with zero attached hydrogens (tertiary/aromatic N) is 3. The lowest BCUT2D eigenvalue weighted by Crippen LogP contribution is -2.06. The summed E-state index contributed by atoms with van der Waals surface area (Å²) in [7, 11) is 0. The predicted octanol–water partition coefficient (Wildman–Crippen LogP) is 1.06. The van der Waals surface area contributed by atoms with Gasteiger partial charge in [-0.2, -0.15) is 10.4 Å². The molecule has 2 N–H and O–H groups in total. The molecule has 13 heavy (non-hydrogen) atoms. The van der Waals surface area contributed by atoms with Crippen molar-refractivity contribution in [1.29, 1.82) is 5.26 Å². The Hall–Kier alpha value is -1.63. The van der Waals surface area contributed by atoms with Gasteiger partial charge < -0.3 is 5.73 Å². The first kappa shape index (κ1) is 9.46. The van der Waals surface area contributed by atoms with Gasteiger partial charge in [0.2, 0.25) is 0 Å². The molecule has 4 heteroatoms. The van der Waals surface area contributed by atoms with Crippen molar-refractivity contribution >= 4 is 5.82 Å². The lowest BCUT2D eigenvalue weighted by atomic mass is 10.0. The number of nitriles is 1. The van der Waals surface area contributed by atoms with Gasteiger partial charge in [-0.05, 0) is 18.4 Å². The molecule has 0 saturated carbocycles. The van der Waals surface area contributed by atoms with Gasteiger partial charge in [0, 0.05) is 0 Å². The molecule has 0 aliphatic heterocycles. The van der Waals surface area contributed by atoms with Crippen molar-refractivity contribution in [2.24, 2.45) is 0 Å². The summed E-state index contributed by atoms with van der Waals surface area (Å²) in [6.45, 7) is 3.97. The highest BCUT2D eigenvalue weighted by Gasteiger charge is 2.11. The van der Waals surface area contributed by atoms with Crippen LogP contribution in [0.3, 0.4) is 0 Å². The summed E-state index contributed by atoms with van der Waals surface area (Å²) in [6, 6.07) is 2.06. The first-order chi connectivity index (χ1) is 6.24. The van der Waals surface area contributed by atoms with Gasteiger partial charge >= 0.3 is 0 Å². The molecule has 0 fully saturated rings. The summed E-state index contributed by atoms with van der Waals surface area (Å²) >= 11 is 0. The van der Waals surface area contributed by atoms with E-state index in [1.54, 1.807) is 0 Å². The predicted molar refractivity (Wildman–Crippen MR) is 49.9 cm³/mol. The average molecular weight is 176 g/mol. The molecular formula is C9H12N4. The fourth-order valence-corrected chi connectivity index (χ4v) is 1.31. The quantitative estimate of drug-likeness (QED) is 0.730. The van der Waals surface area contributed by atoms with Crippen molar-refractivity contribution in [2.45, 2.75) is 26.7 Å². The van der Waals surface area contributed by atoms with Crippen molar-refractivity contribution in [2.75, 3.05) is 5.73 Å². The first-order valence-corrected chi connectivity index (χ1v) is 4.28. The molecule has 0 aliphatic carbocycles. The third kappa shape index (κ3) is 1.59. The molecule has 0 unspecified atom stereocenters. The fourth-order valence-electron chi connectivity index (χ4n) is 1.31. The minimum Gasteiger partial charge on any atom is -0.381 e. The van der Waals surface area contributed by atoms with E-state index in [4.69, 9.17) is 11.0 Å². The molecule has 0 atom stereocenters. The highest BCUT2D eigenvalue weighted by atomic mass is 15.1. The Labute approximate surface area is 77.4 Å². The smallest absolute Gasteiger partial charge is 0.164 e. The zero-order chi connectivity index (χ0) is 9.84. The second-order valence-electron chi connectivity index (χ2n) is 2.70. The van der Waals surface area contributed by atoms with Crippen molar-refractivity contribution < 1.29 is 0 Å². The topological polar surface area (TPSA) is 75.6 Å². The normalized spacial score (nSPS) is 9.62. The van der Waals surface area contributed by atoms with Gasteiger partial charge in [0.05, 0.1) is 5.69 Å². The van der Waals surface area contributed by atoms with E-state index < -0.39 is 0 Å². The summed E-state index contributed by atoms with van der Waals surface area (Å²) in [5.41, 5.74) is 7.81. The molecule has 1 aromatic rings. The standard InChI is InChI=1S/C9H12N4/c1-3-6-7(5-10)9(11)13-12-8(6)4-2/h3-4H2,1-2H3,(H2,11,13). The van der Waals surface area contributed by atoms with Crippen LogP contribution in [0.5, 0.6) is 0 Å². The Morgan fingerprint density at radius 3 is 2.46 bits per heavy atom. The minimum absolute atomic E-state index is 0.233. The van der Waals surface area contributed by atoms with Gasteiger partial charge in [-0.15, -0.1) is 5.10 Å². The molecule has 1 aromatic heterocycles. The summed E-state index contributed by atoms with van der Waals surface area (Å²) in [4.78, 5) is 0. The van der Waals surface area contributed by atoms with Gasteiger partial charge in [-0.3, -0.25) is 0 Å². The van der Waals surface area contributed by atoms with Crippen LogP contribution in [0.1, 0.15) is 30.7 Å². The lowest BCUT2D eigenvalue weighted by Gasteiger charge is -2.06. The van der Waals surface area contributed by atoms with E-state index in [1.165, 1.54) is 0 Å². The van der Waals surface area contributed by atoms with Crippen LogP contribution in [0.25, 0.3) is 0 Å². The molecule has 0 saturated heterocycles. The summed E-state index contributed by atoms with van der Waals surface area (Å²) in [6.07, 6.45) is 1.55. The maximum absolute atomic E-state index is 8.85. The number of rotatable bonds is 2. The monoisotopic (exact) mass is 176 g/mol. The van der Waals surface area contributed by atoms with E-state index in [0.717, 1.165) is 24.1 Å². The van der Waals surface area contributed by atoms with Gasteiger partial charge in [-0.1, -0.05) is 13.8 Å². The third-order valence-electron chi connectivity index (χ3n) is 1.98. The van der Waals surface area contributed by atoms with Crippen LogP contribution in [0, 0.1) is 11.3 Å². The van der Waals surface area contributed by atoms with Crippen molar-refractivity contribution in [3.05, 3.63) is 16.8 Å². The minimum atomic E-state index is 0.233. The fraction of sp³-hybridized carbons (Fsp3) is 0.444. The van der Waals surface area contributed by atoms with E-state index >= 15 is 0 Å². The van der Waals surface area contributed by atoms with E-state index in [1.807, 2.05) is 13.8 Å². The summed E-state index contributed by atoms with van der Waals surface area (Å²) < 4.78 is 0. The van der Waals surface area contributed by atoms with Crippen LogP contribution in [-0.4, -0.2) is 10.2 Å². The van der Waals surface area contributed by atoms with E-state index in [-0.39, 0.29) is 5.82 Å². The number of hydrogen-bond acceptors (Lipinski definition) is 4. The van der Waals surface area contributed by atoms with Crippen LogP contribution < -0.4 is 5.73 Å². The molecule has 0 aromatic carbocycles. The Balaban J connectivity index is 3.38. The first-order valence-electron chi connectivity index (χ1n) is 4.28. The molecule has 1 heterocycles. The van der Waals surface area contributed by atoms with E-state index in [0.29, 0.717) is 5.56 Å². The number of aryl methyl sites for hydroxylation is 1. The van der Waals surface area contributed by atoms with E-state index in [2.05, 4.69) is 16.3 Å². The third-order valence-corrected chi connectivity index (χ3v) is 1.98. The number of anilines is 1. The maximum atomic E-state index is 8.85. The molecule has 1 rings (SSSR count). The number of hydrogen-bond donors (Lipinski definition) is 1. The van der Waals surface area contributed by atoms with Crippen molar-refractivity contribution in [3.8, 4) is 6.07 Å². The van der Waals surface area contributed by atoms with Gasteiger partial charge in [0.1, 0.15) is 11.6 Å². The second kappa shape index (κ2) is 3.85. The Kier molecular flexibility index (Phi) is 2.80. The molecule has 4 nitrogen and oxygen atoms in total. The second-order valence-corrected chi connectivity index (χ2v) is 2.70. The van der Waals surface area contributed by atoms with Crippen molar-refractivity contribution in [3.63, 3.8) is 0 Å². The summed E-state index contributed by atoms with van der Waals surface area (Å²) in [5.74, 6) is 0.233. The number of nitrogen functional groups attached to an aromatic ring is 1. The molecule has 0 bridgehead atoms. The molecule has 0 spiro atoms. The van der Waals surface area contributed by atoms with Crippen LogP contribution >= 0.6 is 0 Å². The van der Waals surface area contributed by atoms with Crippen LogP contribution in [0.2, 0.25) is 0 Å². The molecule has 0 amide bonds. The molecule has 68 valence electrons. The maximum Gasteiger partial charge on any atom is 0.164 e. The molecular weight excluding hydrogens is 164 g/mol.